The van der Waals surface area contributed by atoms with Crippen LogP contribution >= 0.6 is 0 Å². The lowest BCUT2D eigenvalue weighted by molar-refractivity contribution is 0.0909. The first-order chi connectivity index (χ1) is 8.22. The lowest BCUT2D eigenvalue weighted by Crippen LogP contribution is -2.16. The Morgan fingerprint density at radius 2 is 2.18 bits per heavy atom. The quantitative estimate of drug-likeness (QED) is 0.814. The van der Waals surface area contributed by atoms with Crippen LogP contribution in [0.15, 0.2) is 36.7 Å². The van der Waals surface area contributed by atoms with Gasteiger partial charge in [0.1, 0.15) is 11.6 Å². The highest BCUT2D eigenvalue weighted by Gasteiger charge is 2.12. The van der Waals surface area contributed by atoms with Crippen LogP contribution in [-0.4, -0.2) is 15.5 Å². The second-order valence-electron chi connectivity index (χ2n) is 3.73. The monoisotopic (exact) mass is 232 g/mol. The highest BCUT2D eigenvalue weighted by Crippen LogP contribution is 2.09. The first-order valence-electron chi connectivity index (χ1n) is 5.51. The molecule has 1 aromatic heterocycles. The van der Waals surface area contributed by atoms with Gasteiger partial charge in [0.15, 0.2) is 0 Å². The number of carbonyl (C=O) groups excluding carboxylic acids is 1. The number of rotatable bonds is 3. The molecule has 2 aromatic rings. The molecule has 0 fully saturated rings. The van der Waals surface area contributed by atoms with Crippen LogP contribution in [0.5, 0.6) is 0 Å². The number of hydrogen-bond acceptors (Lipinski definition) is 2. The Kier molecular flexibility index (Phi) is 3.32. The van der Waals surface area contributed by atoms with E-state index in [1.807, 2.05) is 6.92 Å². The van der Waals surface area contributed by atoms with Gasteiger partial charge in [0.05, 0.1) is 6.42 Å². The van der Waals surface area contributed by atoms with Crippen molar-refractivity contribution in [1.82, 2.24) is 9.55 Å². The highest BCUT2D eigenvalue weighted by molar-refractivity contribution is 5.81. The standard InChI is InChI=1S/C13H13FN2O/c1-2-12-15-7-8-16(12)13(17)9-10-5-3-4-6-11(10)14/h3-8H,2,9H2,1H3. The number of carbonyl (C=O) groups is 1. The molecule has 0 amide bonds. The van der Waals surface area contributed by atoms with E-state index in [0.717, 1.165) is 0 Å². The molecule has 17 heavy (non-hydrogen) atoms. The van der Waals surface area contributed by atoms with Crippen molar-refractivity contribution in [3.63, 3.8) is 0 Å². The topological polar surface area (TPSA) is 34.9 Å². The maximum Gasteiger partial charge on any atom is 0.236 e. The van der Waals surface area contributed by atoms with E-state index in [0.29, 0.717) is 17.8 Å². The normalized spacial score (nSPS) is 10.5. The molecule has 2 rings (SSSR count). The van der Waals surface area contributed by atoms with Crippen LogP contribution in [0.3, 0.4) is 0 Å². The van der Waals surface area contributed by atoms with Crippen LogP contribution in [0.1, 0.15) is 23.1 Å². The zero-order chi connectivity index (χ0) is 12.3. The minimum atomic E-state index is -0.348. The van der Waals surface area contributed by atoms with E-state index in [1.54, 1.807) is 30.6 Å². The molecular formula is C13H13FN2O. The van der Waals surface area contributed by atoms with Crippen molar-refractivity contribution in [1.29, 1.82) is 0 Å². The van der Waals surface area contributed by atoms with Crippen molar-refractivity contribution in [3.8, 4) is 0 Å². The van der Waals surface area contributed by atoms with Gasteiger partial charge in [0.25, 0.3) is 0 Å². The second-order valence-corrected chi connectivity index (χ2v) is 3.73. The van der Waals surface area contributed by atoms with Gasteiger partial charge in [0.2, 0.25) is 5.91 Å². The average molecular weight is 232 g/mol. The zero-order valence-corrected chi connectivity index (χ0v) is 9.56. The number of hydrogen-bond donors (Lipinski definition) is 0. The van der Waals surface area contributed by atoms with Crippen molar-refractivity contribution in [2.24, 2.45) is 0 Å². The summed E-state index contributed by atoms with van der Waals surface area (Å²) in [6.45, 7) is 1.93. The zero-order valence-electron chi connectivity index (χ0n) is 9.56. The summed E-state index contributed by atoms with van der Waals surface area (Å²) in [6.07, 6.45) is 3.92. The smallest absolute Gasteiger partial charge is 0.236 e. The molecule has 1 aromatic carbocycles. The summed E-state index contributed by atoms with van der Waals surface area (Å²) in [7, 11) is 0. The molecule has 0 aliphatic heterocycles. The fourth-order valence-corrected chi connectivity index (χ4v) is 1.71. The molecule has 0 bridgehead atoms. The molecular weight excluding hydrogens is 219 g/mol. The predicted octanol–water partition coefficient (Wildman–Crippen LogP) is 2.47. The van der Waals surface area contributed by atoms with Gasteiger partial charge < -0.3 is 0 Å². The Labute approximate surface area is 98.9 Å². The van der Waals surface area contributed by atoms with Gasteiger partial charge in [-0.2, -0.15) is 0 Å². The maximum atomic E-state index is 13.4. The van der Waals surface area contributed by atoms with Crippen molar-refractivity contribution in [3.05, 3.63) is 53.9 Å². The summed E-state index contributed by atoms with van der Waals surface area (Å²) in [5, 5.41) is 0. The summed E-state index contributed by atoms with van der Waals surface area (Å²) >= 11 is 0. The number of aryl methyl sites for hydroxylation is 1. The van der Waals surface area contributed by atoms with E-state index >= 15 is 0 Å². The summed E-state index contributed by atoms with van der Waals surface area (Å²) in [5.41, 5.74) is 0.410. The van der Waals surface area contributed by atoms with Crippen LogP contribution in [0, 0.1) is 5.82 Å². The van der Waals surface area contributed by atoms with Crippen LogP contribution in [0.4, 0.5) is 4.39 Å². The van der Waals surface area contributed by atoms with E-state index in [4.69, 9.17) is 0 Å². The number of imidazole rings is 1. The molecule has 0 unspecified atom stereocenters. The summed E-state index contributed by atoms with van der Waals surface area (Å²) in [4.78, 5) is 16.0. The minimum absolute atomic E-state index is 0.0516. The number of halogens is 1. The van der Waals surface area contributed by atoms with Gasteiger partial charge in [-0.15, -0.1) is 0 Å². The molecule has 0 saturated carbocycles. The van der Waals surface area contributed by atoms with E-state index < -0.39 is 0 Å². The van der Waals surface area contributed by atoms with Gasteiger partial charge >= 0.3 is 0 Å². The first-order valence-corrected chi connectivity index (χ1v) is 5.51. The third-order valence-corrected chi connectivity index (χ3v) is 2.60. The Bertz CT molecular complexity index is 534. The predicted molar refractivity (Wildman–Crippen MR) is 62.3 cm³/mol. The fraction of sp³-hybridized carbons (Fsp3) is 0.231. The molecule has 0 saturated heterocycles. The SMILES string of the molecule is CCc1nccn1C(=O)Cc1ccccc1F. The minimum Gasteiger partial charge on any atom is -0.274 e. The Morgan fingerprint density at radius 1 is 1.41 bits per heavy atom. The van der Waals surface area contributed by atoms with Crippen LogP contribution in [0.25, 0.3) is 0 Å². The highest BCUT2D eigenvalue weighted by atomic mass is 19.1. The lowest BCUT2D eigenvalue weighted by Gasteiger charge is -2.05. The summed E-state index contributed by atoms with van der Waals surface area (Å²) in [6, 6.07) is 6.31. The molecule has 0 aliphatic rings. The van der Waals surface area contributed by atoms with Gasteiger partial charge in [-0.25, -0.2) is 9.37 Å². The van der Waals surface area contributed by atoms with Crippen molar-refractivity contribution in [2.75, 3.05) is 0 Å². The summed E-state index contributed by atoms with van der Waals surface area (Å²) < 4.78 is 14.9. The molecule has 0 atom stereocenters. The van der Waals surface area contributed by atoms with E-state index in [9.17, 15) is 9.18 Å². The average Bonchev–Trinajstić information content (AvgIpc) is 2.80. The van der Waals surface area contributed by atoms with Gasteiger partial charge in [-0.3, -0.25) is 9.36 Å². The Hall–Kier alpha value is -1.97. The molecule has 0 spiro atoms. The van der Waals surface area contributed by atoms with Gasteiger partial charge in [-0.05, 0) is 11.6 Å². The largest absolute Gasteiger partial charge is 0.274 e. The molecule has 0 radical (unpaired) electrons. The second kappa shape index (κ2) is 4.91. The van der Waals surface area contributed by atoms with Crippen LogP contribution in [-0.2, 0) is 12.8 Å². The number of nitrogens with zero attached hydrogens (tertiary/aromatic N) is 2. The van der Waals surface area contributed by atoms with Crippen molar-refractivity contribution < 1.29 is 9.18 Å². The third-order valence-electron chi connectivity index (χ3n) is 2.60. The molecule has 88 valence electrons. The van der Waals surface area contributed by atoms with Gasteiger partial charge in [0, 0.05) is 18.8 Å². The van der Waals surface area contributed by atoms with E-state index in [2.05, 4.69) is 4.98 Å². The maximum absolute atomic E-state index is 13.4. The molecule has 0 N–H and O–H groups in total. The van der Waals surface area contributed by atoms with E-state index in [1.165, 1.54) is 10.6 Å². The number of benzene rings is 1. The summed E-state index contributed by atoms with van der Waals surface area (Å²) in [5.74, 6) is 0.190. The van der Waals surface area contributed by atoms with Crippen molar-refractivity contribution >= 4 is 5.91 Å². The third kappa shape index (κ3) is 2.41. The molecule has 4 heteroatoms. The lowest BCUT2D eigenvalue weighted by atomic mass is 10.1. The Morgan fingerprint density at radius 3 is 2.88 bits per heavy atom. The van der Waals surface area contributed by atoms with Gasteiger partial charge in [-0.1, -0.05) is 25.1 Å². The van der Waals surface area contributed by atoms with E-state index in [-0.39, 0.29) is 18.1 Å². The number of aromatic nitrogens is 2. The molecule has 3 nitrogen and oxygen atoms in total. The Balaban J connectivity index is 2.20. The first kappa shape index (κ1) is 11.5. The van der Waals surface area contributed by atoms with Crippen LogP contribution < -0.4 is 0 Å². The van der Waals surface area contributed by atoms with Crippen LogP contribution in [0.2, 0.25) is 0 Å². The van der Waals surface area contributed by atoms with Crippen molar-refractivity contribution in [2.45, 2.75) is 19.8 Å². The fourth-order valence-electron chi connectivity index (χ4n) is 1.71. The molecule has 1 heterocycles. The molecule has 0 aliphatic carbocycles.